The number of hydrogen-bond donors (Lipinski definition) is 2. The average molecular weight is 377 g/mol. The van der Waals surface area contributed by atoms with Gasteiger partial charge >= 0.3 is 0 Å². The van der Waals surface area contributed by atoms with Gasteiger partial charge in [-0.2, -0.15) is 0 Å². The molecule has 5 nitrogen and oxygen atoms in total. The minimum atomic E-state index is -0.595. The Kier molecular flexibility index (Phi) is 5.75. The van der Waals surface area contributed by atoms with Crippen molar-refractivity contribution in [2.45, 2.75) is 12.6 Å². The molecule has 0 bridgehead atoms. The highest BCUT2D eigenvalue weighted by molar-refractivity contribution is 5.63. The average Bonchev–Trinajstić information content (AvgIpc) is 3.21. The van der Waals surface area contributed by atoms with Gasteiger partial charge in [0.05, 0.1) is 0 Å². The summed E-state index contributed by atoms with van der Waals surface area (Å²) < 4.78 is 16.4. The van der Waals surface area contributed by atoms with Gasteiger partial charge in [0.15, 0.2) is 11.5 Å². The van der Waals surface area contributed by atoms with Gasteiger partial charge < -0.3 is 24.6 Å². The Labute approximate surface area is 164 Å². The standard InChI is InChI=1S/C23H23NO4/c25-20(14-24-13-17-6-11-22-23(12-17)28-16-27-22)15-26-21-9-7-19(8-10-21)18-4-2-1-3-5-18/h1-12,20,24-25H,13-16H2. The fourth-order valence-electron chi connectivity index (χ4n) is 3.06. The monoisotopic (exact) mass is 377 g/mol. The van der Waals surface area contributed by atoms with Crippen LogP contribution >= 0.6 is 0 Å². The largest absolute Gasteiger partial charge is 0.491 e. The van der Waals surface area contributed by atoms with Crippen LogP contribution in [0.4, 0.5) is 0 Å². The smallest absolute Gasteiger partial charge is 0.231 e. The molecule has 2 N–H and O–H groups in total. The number of rotatable bonds is 8. The molecule has 1 heterocycles. The summed E-state index contributed by atoms with van der Waals surface area (Å²) in [6.07, 6.45) is -0.595. The second-order valence-electron chi connectivity index (χ2n) is 6.67. The number of hydrogen-bond acceptors (Lipinski definition) is 5. The summed E-state index contributed by atoms with van der Waals surface area (Å²) in [6.45, 7) is 1.59. The van der Waals surface area contributed by atoms with Crippen molar-refractivity contribution in [2.24, 2.45) is 0 Å². The van der Waals surface area contributed by atoms with Crippen molar-refractivity contribution >= 4 is 0 Å². The fourth-order valence-corrected chi connectivity index (χ4v) is 3.06. The van der Waals surface area contributed by atoms with Gasteiger partial charge in [-0.15, -0.1) is 0 Å². The summed E-state index contributed by atoms with van der Waals surface area (Å²) in [7, 11) is 0. The minimum absolute atomic E-state index is 0.235. The molecule has 0 fully saturated rings. The number of ether oxygens (including phenoxy) is 3. The van der Waals surface area contributed by atoms with Gasteiger partial charge in [0.1, 0.15) is 18.5 Å². The number of aliphatic hydroxyl groups is 1. The number of aliphatic hydroxyl groups excluding tert-OH is 1. The first-order valence-corrected chi connectivity index (χ1v) is 9.33. The van der Waals surface area contributed by atoms with Gasteiger partial charge in [-0.3, -0.25) is 0 Å². The summed E-state index contributed by atoms with van der Waals surface area (Å²) in [5.41, 5.74) is 3.38. The van der Waals surface area contributed by atoms with Gasteiger partial charge in [-0.25, -0.2) is 0 Å². The van der Waals surface area contributed by atoms with Crippen LogP contribution in [0.2, 0.25) is 0 Å². The first kappa shape index (κ1) is 18.3. The van der Waals surface area contributed by atoms with Gasteiger partial charge in [-0.05, 0) is 41.0 Å². The molecule has 28 heavy (non-hydrogen) atoms. The van der Waals surface area contributed by atoms with E-state index in [-0.39, 0.29) is 13.4 Å². The number of nitrogens with one attached hydrogen (secondary N) is 1. The fraction of sp³-hybridized carbons (Fsp3) is 0.217. The number of fused-ring (bicyclic) bond motifs is 1. The van der Waals surface area contributed by atoms with Crippen molar-refractivity contribution in [3.63, 3.8) is 0 Å². The van der Waals surface area contributed by atoms with Crippen molar-refractivity contribution in [1.29, 1.82) is 0 Å². The van der Waals surface area contributed by atoms with Crippen LogP contribution in [0.25, 0.3) is 11.1 Å². The SMILES string of the molecule is OC(CNCc1ccc2c(c1)OCO2)COc1ccc(-c2ccccc2)cc1. The molecule has 0 amide bonds. The van der Waals surface area contributed by atoms with E-state index in [0.717, 1.165) is 28.4 Å². The van der Waals surface area contributed by atoms with Crippen LogP contribution in [0.5, 0.6) is 17.2 Å². The van der Waals surface area contributed by atoms with E-state index in [0.29, 0.717) is 13.1 Å². The molecule has 144 valence electrons. The van der Waals surface area contributed by atoms with E-state index in [9.17, 15) is 5.11 Å². The van der Waals surface area contributed by atoms with Crippen molar-refractivity contribution < 1.29 is 19.3 Å². The lowest BCUT2D eigenvalue weighted by Gasteiger charge is -2.14. The van der Waals surface area contributed by atoms with E-state index in [1.54, 1.807) is 0 Å². The summed E-state index contributed by atoms with van der Waals surface area (Å²) in [6, 6.07) is 23.9. The van der Waals surface area contributed by atoms with Crippen molar-refractivity contribution in [2.75, 3.05) is 19.9 Å². The highest BCUT2D eigenvalue weighted by Crippen LogP contribution is 2.32. The van der Waals surface area contributed by atoms with Gasteiger partial charge in [0.2, 0.25) is 6.79 Å². The summed E-state index contributed by atoms with van der Waals surface area (Å²) >= 11 is 0. The second kappa shape index (κ2) is 8.78. The molecule has 0 radical (unpaired) electrons. The molecule has 1 atom stereocenters. The van der Waals surface area contributed by atoms with Crippen LogP contribution in [0.1, 0.15) is 5.56 Å². The van der Waals surface area contributed by atoms with E-state index in [2.05, 4.69) is 17.4 Å². The molecule has 0 saturated carbocycles. The van der Waals surface area contributed by atoms with E-state index in [1.165, 1.54) is 5.56 Å². The van der Waals surface area contributed by atoms with Crippen molar-refractivity contribution in [3.8, 4) is 28.4 Å². The first-order valence-electron chi connectivity index (χ1n) is 9.33. The molecule has 0 aliphatic carbocycles. The second-order valence-corrected chi connectivity index (χ2v) is 6.67. The summed E-state index contributed by atoms with van der Waals surface area (Å²) in [5, 5.41) is 13.4. The first-order chi connectivity index (χ1) is 13.8. The van der Waals surface area contributed by atoms with Crippen LogP contribution in [0, 0.1) is 0 Å². The minimum Gasteiger partial charge on any atom is -0.491 e. The topological polar surface area (TPSA) is 60.0 Å². The molecule has 0 aromatic heterocycles. The molecule has 3 aromatic carbocycles. The zero-order chi connectivity index (χ0) is 19.2. The van der Waals surface area contributed by atoms with E-state index in [4.69, 9.17) is 14.2 Å². The lowest BCUT2D eigenvalue weighted by Crippen LogP contribution is -2.31. The zero-order valence-electron chi connectivity index (χ0n) is 15.5. The molecular formula is C23H23NO4. The maximum Gasteiger partial charge on any atom is 0.231 e. The van der Waals surface area contributed by atoms with Crippen LogP contribution in [0.15, 0.2) is 72.8 Å². The number of benzene rings is 3. The third-order valence-electron chi connectivity index (χ3n) is 4.55. The maximum atomic E-state index is 10.1. The lowest BCUT2D eigenvalue weighted by atomic mass is 10.1. The quantitative estimate of drug-likeness (QED) is 0.628. The van der Waals surface area contributed by atoms with Crippen LogP contribution in [-0.4, -0.2) is 31.2 Å². The molecule has 0 saturated heterocycles. The third-order valence-corrected chi connectivity index (χ3v) is 4.55. The normalized spacial score (nSPS) is 13.3. The van der Waals surface area contributed by atoms with Crippen LogP contribution in [-0.2, 0) is 6.54 Å². The molecule has 1 aliphatic rings. The Morgan fingerprint density at radius 2 is 1.64 bits per heavy atom. The van der Waals surface area contributed by atoms with Gasteiger partial charge in [0, 0.05) is 13.1 Å². The third kappa shape index (κ3) is 4.63. The van der Waals surface area contributed by atoms with E-state index >= 15 is 0 Å². The van der Waals surface area contributed by atoms with Crippen molar-refractivity contribution in [1.82, 2.24) is 5.32 Å². The van der Waals surface area contributed by atoms with Crippen LogP contribution < -0.4 is 19.5 Å². The lowest BCUT2D eigenvalue weighted by molar-refractivity contribution is 0.106. The van der Waals surface area contributed by atoms with Gasteiger partial charge in [0.25, 0.3) is 0 Å². The summed E-state index contributed by atoms with van der Waals surface area (Å²) in [4.78, 5) is 0. The predicted molar refractivity (Wildman–Crippen MR) is 108 cm³/mol. The molecule has 1 aliphatic heterocycles. The Bertz CT molecular complexity index is 896. The molecule has 3 aromatic rings. The zero-order valence-corrected chi connectivity index (χ0v) is 15.5. The molecule has 1 unspecified atom stereocenters. The molecule has 0 spiro atoms. The Balaban J connectivity index is 1.21. The van der Waals surface area contributed by atoms with Crippen molar-refractivity contribution in [3.05, 3.63) is 78.4 Å². The molecular weight excluding hydrogens is 354 g/mol. The van der Waals surface area contributed by atoms with Gasteiger partial charge in [-0.1, -0.05) is 48.5 Å². The molecule has 5 heteroatoms. The van der Waals surface area contributed by atoms with E-state index < -0.39 is 6.10 Å². The Morgan fingerprint density at radius 1 is 0.893 bits per heavy atom. The predicted octanol–water partition coefficient (Wildman–Crippen LogP) is 3.61. The Morgan fingerprint density at radius 3 is 2.46 bits per heavy atom. The molecule has 4 rings (SSSR count). The Hall–Kier alpha value is -3.02. The maximum absolute atomic E-state index is 10.1. The van der Waals surface area contributed by atoms with E-state index in [1.807, 2.05) is 60.7 Å². The highest BCUT2D eigenvalue weighted by Gasteiger charge is 2.13. The summed E-state index contributed by atoms with van der Waals surface area (Å²) in [5.74, 6) is 2.28. The van der Waals surface area contributed by atoms with Crippen LogP contribution in [0.3, 0.4) is 0 Å². The highest BCUT2D eigenvalue weighted by atomic mass is 16.7.